The highest BCUT2D eigenvalue weighted by molar-refractivity contribution is 6.31. The number of carbonyl (C=O) groups is 1. The summed E-state index contributed by atoms with van der Waals surface area (Å²) in [4.78, 5) is 12.7. The van der Waals surface area contributed by atoms with Crippen LogP contribution in [0.15, 0.2) is 79.0 Å². The average molecular weight is 470 g/mol. The molecule has 0 unspecified atom stereocenters. The first kappa shape index (κ1) is 21.9. The smallest absolute Gasteiger partial charge is 0.256 e. The first-order valence-corrected chi connectivity index (χ1v) is 10.5. The number of benzene rings is 3. The Morgan fingerprint density at radius 1 is 1.03 bits per heavy atom. The van der Waals surface area contributed by atoms with Crippen LogP contribution in [0.5, 0.6) is 5.75 Å². The van der Waals surface area contributed by atoms with E-state index in [4.69, 9.17) is 27.9 Å². The molecule has 5 nitrogen and oxygen atoms in total. The first-order chi connectivity index (χ1) is 15.5. The summed E-state index contributed by atoms with van der Waals surface area (Å²) in [5.74, 6) is 0.273. The van der Waals surface area contributed by atoms with Crippen molar-refractivity contribution in [1.29, 1.82) is 0 Å². The minimum Gasteiger partial charge on any atom is -0.489 e. The van der Waals surface area contributed by atoms with E-state index < -0.39 is 5.82 Å². The van der Waals surface area contributed by atoms with Crippen LogP contribution in [0.2, 0.25) is 10.0 Å². The lowest BCUT2D eigenvalue weighted by Crippen LogP contribution is -2.13. The summed E-state index contributed by atoms with van der Waals surface area (Å²) >= 11 is 12.0. The van der Waals surface area contributed by atoms with Gasteiger partial charge in [-0.1, -0.05) is 47.5 Å². The third-order valence-corrected chi connectivity index (χ3v) is 5.24. The van der Waals surface area contributed by atoms with Crippen molar-refractivity contribution in [1.82, 2.24) is 9.78 Å². The van der Waals surface area contributed by atoms with Gasteiger partial charge in [-0.05, 0) is 48.0 Å². The zero-order valence-corrected chi connectivity index (χ0v) is 18.3. The van der Waals surface area contributed by atoms with Gasteiger partial charge in [0, 0.05) is 33.4 Å². The van der Waals surface area contributed by atoms with Crippen LogP contribution >= 0.6 is 23.2 Å². The minimum atomic E-state index is -0.407. The lowest BCUT2D eigenvalue weighted by Gasteiger charge is -2.08. The minimum absolute atomic E-state index is 0.150. The summed E-state index contributed by atoms with van der Waals surface area (Å²) in [5, 5.41) is 7.94. The molecule has 8 heteroatoms. The monoisotopic (exact) mass is 469 g/mol. The highest BCUT2D eigenvalue weighted by Gasteiger charge is 2.11. The van der Waals surface area contributed by atoms with Gasteiger partial charge in [-0.2, -0.15) is 5.10 Å². The number of hydrogen-bond donors (Lipinski definition) is 1. The Labute approximate surface area is 194 Å². The number of aromatic nitrogens is 2. The number of rotatable bonds is 7. The summed E-state index contributed by atoms with van der Waals surface area (Å²) in [6, 6.07) is 20.4. The van der Waals surface area contributed by atoms with Gasteiger partial charge in [0.05, 0.1) is 6.54 Å². The van der Waals surface area contributed by atoms with E-state index in [1.807, 2.05) is 12.1 Å². The number of nitrogens with zero attached hydrogens (tertiary/aromatic N) is 2. The Balaban J connectivity index is 1.39. The van der Waals surface area contributed by atoms with Crippen molar-refractivity contribution in [3.8, 4) is 5.75 Å². The maximum Gasteiger partial charge on any atom is 0.256 e. The van der Waals surface area contributed by atoms with E-state index in [1.165, 1.54) is 10.7 Å². The molecule has 4 aromatic rings. The molecule has 0 bridgehead atoms. The van der Waals surface area contributed by atoms with Crippen molar-refractivity contribution in [3.63, 3.8) is 0 Å². The normalized spacial score (nSPS) is 10.7. The molecule has 1 heterocycles. The van der Waals surface area contributed by atoms with Crippen LogP contribution in [0.3, 0.4) is 0 Å². The van der Waals surface area contributed by atoms with Gasteiger partial charge in [-0.15, -0.1) is 0 Å². The predicted octanol–water partition coefficient (Wildman–Crippen LogP) is 6.21. The zero-order chi connectivity index (χ0) is 22.5. The summed E-state index contributed by atoms with van der Waals surface area (Å²) in [6.45, 7) is 0.442. The Kier molecular flexibility index (Phi) is 6.73. The van der Waals surface area contributed by atoms with Crippen molar-refractivity contribution in [2.24, 2.45) is 0 Å². The number of hydrogen-bond acceptors (Lipinski definition) is 3. The SMILES string of the molecule is O=C(Nc1ccn(Cc2c(F)cccc2Cl)n1)c1cccc(COc2cccc(Cl)c2)c1. The molecule has 0 saturated carbocycles. The third-order valence-electron chi connectivity index (χ3n) is 4.65. The Morgan fingerprint density at radius 2 is 1.84 bits per heavy atom. The van der Waals surface area contributed by atoms with E-state index in [0.717, 1.165) is 5.56 Å². The molecule has 1 N–H and O–H groups in total. The van der Waals surface area contributed by atoms with Crippen molar-refractivity contribution < 1.29 is 13.9 Å². The van der Waals surface area contributed by atoms with Gasteiger partial charge < -0.3 is 10.1 Å². The zero-order valence-electron chi connectivity index (χ0n) is 16.8. The Bertz CT molecular complexity index is 1240. The third kappa shape index (κ3) is 5.46. The van der Waals surface area contributed by atoms with Crippen molar-refractivity contribution >= 4 is 34.9 Å². The van der Waals surface area contributed by atoms with Crippen LogP contribution in [0.1, 0.15) is 21.5 Å². The number of halogens is 3. The van der Waals surface area contributed by atoms with Crippen LogP contribution in [-0.4, -0.2) is 15.7 Å². The van der Waals surface area contributed by atoms with Gasteiger partial charge in [0.1, 0.15) is 18.2 Å². The molecular formula is C24H18Cl2FN3O2. The molecule has 0 aliphatic rings. The van der Waals surface area contributed by atoms with E-state index in [0.29, 0.717) is 39.3 Å². The maximum absolute atomic E-state index is 14.0. The molecule has 0 spiro atoms. The highest BCUT2D eigenvalue weighted by Crippen LogP contribution is 2.21. The average Bonchev–Trinajstić information content (AvgIpc) is 3.22. The molecule has 0 radical (unpaired) electrons. The van der Waals surface area contributed by atoms with Crippen LogP contribution in [0.25, 0.3) is 0 Å². The molecule has 1 amide bonds. The van der Waals surface area contributed by atoms with Gasteiger partial charge in [-0.3, -0.25) is 9.48 Å². The molecule has 162 valence electrons. The van der Waals surface area contributed by atoms with E-state index in [2.05, 4.69) is 10.4 Å². The topological polar surface area (TPSA) is 56.2 Å². The fourth-order valence-electron chi connectivity index (χ4n) is 3.08. The second-order valence-corrected chi connectivity index (χ2v) is 7.84. The molecule has 0 aliphatic heterocycles. The van der Waals surface area contributed by atoms with Gasteiger partial charge in [0.25, 0.3) is 5.91 Å². The molecule has 0 fully saturated rings. The number of carbonyl (C=O) groups excluding carboxylic acids is 1. The molecule has 1 aromatic heterocycles. The number of anilines is 1. The Morgan fingerprint density at radius 3 is 2.66 bits per heavy atom. The summed E-state index contributed by atoms with van der Waals surface area (Å²) < 4.78 is 21.2. The van der Waals surface area contributed by atoms with E-state index in [1.54, 1.807) is 60.8 Å². The number of amides is 1. The quantitative estimate of drug-likeness (QED) is 0.350. The van der Waals surface area contributed by atoms with Crippen LogP contribution in [0, 0.1) is 5.82 Å². The summed E-state index contributed by atoms with van der Waals surface area (Å²) in [5.41, 5.74) is 1.63. The summed E-state index contributed by atoms with van der Waals surface area (Å²) in [6.07, 6.45) is 1.65. The van der Waals surface area contributed by atoms with Crippen LogP contribution in [-0.2, 0) is 13.2 Å². The number of ether oxygens (including phenoxy) is 1. The van der Waals surface area contributed by atoms with Crippen molar-refractivity contribution in [2.45, 2.75) is 13.2 Å². The van der Waals surface area contributed by atoms with E-state index in [-0.39, 0.29) is 12.5 Å². The molecular weight excluding hydrogens is 452 g/mol. The predicted molar refractivity (Wildman–Crippen MR) is 123 cm³/mol. The Hall–Kier alpha value is -3.35. The molecule has 3 aromatic carbocycles. The molecule has 32 heavy (non-hydrogen) atoms. The molecule has 0 atom stereocenters. The summed E-state index contributed by atoms with van der Waals surface area (Å²) in [7, 11) is 0. The second kappa shape index (κ2) is 9.85. The largest absolute Gasteiger partial charge is 0.489 e. The highest BCUT2D eigenvalue weighted by atomic mass is 35.5. The van der Waals surface area contributed by atoms with E-state index in [9.17, 15) is 9.18 Å². The van der Waals surface area contributed by atoms with Crippen LogP contribution in [0.4, 0.5) is 10.2 Å². The molecule has 4 rings (SSSR count). The standard InChI is InChI=1S/C24H18Cl2FN3O2/c25-18-6-2-7-19(13-18)32-15-16-4-1-5-17(12-16)24(31)28-23-10-11-30(29-23)14-20-21(26)8-3-9-22(20)27/h1-13H,14-15H2,(H,28,29,31). The van der Waals surface area contributed by atoms with Gasteiger partial charge in [0.15, 0.2) is 5.82 Å². The van der Waals surface area contributed by atoms with Gasteiger partial charge in [0.2, 0.25) is 0 Å². The lowest BCUT2D eigenvalue weighted by molar-refractivity contribution is 0.102. The second-order valence-electron chi connectivity index (χ2n) is 7.00. The van der Waals surface area contributed by atoms with Gasteiger partial charge >= 0.3 is 0 Å². The maximum atomic E-state index is 14.0. The fourth-order valence-corrected chi connectivity index (χ4v) is 3.48. The molecule has 0 saturated heterocycles. The van der Waals surface area contributed by atoms with Gasteiger partial charge in [-0.25, -0.2) is 4.39 Å². The number of nitrogens with one attached hydrogen (secondary N) is 1. The van der Waals surface area contributed by atoms with Crippen molar-refractivity contribution in [3.05, 3.63) is 112 Å². The fraction of sp³-hybridized carbons (Fsp3) is 0.0833. The van der Waals surface area contributed by atoms with Crippen LogP contribution < -0.4 is 10.1 Å². The first-order valence-electron chi connectivity index (χ1n) is 9.73. The van der Waals surface area contributed by atoms with Crippen molar-refractivity contribution in [2.75, 3.05) is 5.32 Å². The van der Waals surface area contributed by atoms with E-state index >= 15 is 0 Å². The molecule has 0 aliphatic carbocycles. The lowest BCUT2D eigenvalue weighted by atomic mass is 10.1.